The van der Waals surface area contributed by atoms with Crippen LogP contribution < -0.4 is 11.1 Å². The number of hydrogen-bond acceptors (Lipinski definition) is 3. The summed E-state index contributed by atoms with van der Waals surface area (Å²) in [6.45, 7) is 0.392. The van der Waals surface area contributed by atoms with Crippen molar-refractivity contribution >= 4 is 11.8 Å². The van der Waals surface area contributed by atoms with Gasteiger partial charge >= 0.3 is 6.18 Å². The summed E-state index contributed by atoms with van der Waals surface area (Å²) in [7, 11) is 0. The molecule has 1 rings (SSSR count). The molecule has 8 heteroatoms. The summed E-state index contributed by atoms with van der Waals surface area (Å²) < 4.78 is 37.9. The molecule has 20 heavy (non-hydrogen) atoms. The average molecular weight is 296 g/mol. The minimum atomic E-state index is -5.08. The second-order valence-electron chi connectivity index (χ2n) is 5.51. The molecule has 0 aromatic heterocycles. The van der Waals surface area contributed by atoms with Crippen LogP contribution in [0.1, 0.15) is 45.4 Å². The largest absolute Gasteiger partial charge is 0.426 e. The fourth-order valence-electron chi connectivity index (χ4n) is 2.40. The molecule has 116 valence electrons. The highest BCUT2D eigenvalue weighted by Gasteiger charge is 2.57. The Balaban J connectivity index is 2.90. The summed E-state index contributed by atoms with van der Waals surface area (Å²) in [6.07, 6.45) is -2.33. The summed E-state index contributed by atoms with van der Waals surface area (Å²) >= 11 is 0. The van der Waals surface area contributed by atoms with E-state index in [1.165, 1.54) is 0 Å². The number of carbonyl (C=O) groups excluding carboxylic acids is 2. The Bertz CT molecular complexity index is 388. The van der Waals surface area contributed by atoms with Crippen molar-refractivity contribution < 1.29 is 27.9 Å². The lowest BCUT2D eigenvalue weighted by Gasteiger charge is -2.39. The highest BCUT2D eigenvalue weighted by Crippen LogP contribution is 2.34. The number of nitrogens with two attached hydrogens (primary N) is 1. The van der Waals surface area contributed by atoms with Gasteiger partial charge in [-0.25, -0.2) is 0 Å². The van der Waals surface area contributed by atoms with Crippen molar-refractivity contribution in [2.45, 2.75) is 62.8 Å². The lowest BCUT2D eigenvalue weighted by atomic mass is 9.78. The number of primary amides is 1. The van der Waals surface area contributed by atoms with E-state index in [2.05, 4.69) is 5.32 Å². The predicted octanol–water partition coefficient (Wildman–Crippen LogP) is 0.994. The Kier molecular flexibility index (Phi) is 4.68. The van der Waals surface area contributed by atoms with Crippen LogP contribution in [-0.2, 0) is 9.59 Å². The van der Waals surface area contributed by atoms with E-state index in [1.54, 1.807) is 0 Å². The van der Waals surface area contributed by atoms with Gasteiger partial charge in [0.25, 0.3) is 5.91 Å². The molecule has 0 radical (unpaired) electrons. The fraction of sp³-hybridized carbons (Fsp3) is 0.833. The van der Waals surface area contributed by atoms with Crippen LogP contribution in [0.3, 0.4) is 0 Å². The maximum absolute atomic E-state index is 12.6. The number of alkyl halides is 3. The third-order valence-corrected chi connectivity index (χ3v) is 3.70. The number of rotatable bonds is 4. The van der Waals surface area contributed by atoms with Gasteiger partial charge in [-0.1, -0.05) is 19.3 Å². The van der Waals surface area contributed by atoms with Gasteiger partial charge in [-0.05, 0) is 19.8 Å². The Morgan fingerprint density at radius 3 is 2.15 bits per heavy atom. The minimum Gasteiger partial charge on any atom is -0.373 e. The SMILES string of the molecule is CC(O)(C(=O)NC1(CC(N)=O)CCCCC1)C(F)(F)F. The summed E-state index contributed by atoms with van der Waals surface area (Å²) in [5, 5.41) is 11.5. The highest BCUT2D eigenvalue weighted by atomic mass is 19.4. The van der Waals surface area contributed by atoms with Crippen LogP contribution in [0.25, 0.3) is 0 Å². The van der Waals surface area contributed by atoms with Crippen molar-refractivity contribution in [3.05, 3.63) is 0 Å². The molecular weight excluding hydrogens is 277 g/mol. The van der Waals surface area contributed by atoms with E-state index in [4.69, 9.17) is 5.73 Å². The molecule has 0 aliphatic heterocycles. The smallest absolute Gasteiger partial charge is 0.373 e. The van der Waals surface area contributed by atoms with Crippen molar-refractivity contribution in [3.63, 3.8) is 0 Å². The van der Waals surface area contributed by atoms with Gasteiger partial charge in [-0.15, -0.1) is 0 Å². The standard InChI is InChI=1S/C12H19F3N2O3/c1-10(20,12(13,14)15)9(19)17-11(7-8(16)18)5-3-2-4-6-11/h20H,2-7H2,1H3,(H2,16,18)(H,17,19). The van der Waals surface area contributed by atoms with Crippen LogP contribution in [0, 0.1) is 0 Å². The summed E-state index contributed by atoms with van der Waals surface area (Å²) in [5.74, 6) is -2.24. The van der Waals surface area contributed by atoms with Gasteiger partial charge < -0.3 is 16.2 Å². The van der Waals surface area contributed by atoms with E-state index in [9.17, 15) is 27.9 Å². The van der Waals surface area contributed by atoms with Gasteiger partial charge in [0, 0.05) is 12.0 Å². The Morgan fingerprint density at radius 1 is 1.25 bits per heavy atom. The van der Waals surface area contributed by atoms with Crippen LogP contribution in [0.15, 0.2) is 0 Å². The lowest BCUT2D eigenvalue weighted by Crippen LogP contribution is -2.61. The second-order valence-corrected chi connectivity index (χ2v) is 5.51. The fourth-order valence-corrected chi connectivity index (χ4v) is 2.40. The van der Waals surface area contributed by atoms with Gasteiger partial charge in [0.15, 0.2) is 0 Å². The minimum absolute atomic E-state index is 0.229. The summed E-state index contributed by atoms with van der Waals surface area (Å²) in [4.78, 5) is 22.8. The Labute approximate surface area is 114 Å². The van der Waals surface area contributed by atoms with E-state index >= 15 is 0 Å². The molecule has 0 spiro atoms. The Morgan fingerprint density at radius 2 is 1.75 bits per heavy atom. The molecule has 0 heterocycles. The van der Waals surface area contributed by atoms with E-state index in [1.807, 2.05) is 0 Å². The first-order valence-corrected chi connectivity index (χ1v) is 6.40. The van der Waals surface area contributed by atoms with Crippen molar-refractivity contribution in [2.24, 2.45) is 5.73 Å². The zero-order valence-corrected chi connectivity index (χ0v) is 11.2. The third kappa shape index (κ3) is 3.62. The van der Waals surface area contributed by atoms with Crippen molar-refractivity contribution in [2.75, 3.05) is 0 Å². The molecule has 2 amide bonds. The monoisotopic (exact) mass is 296 g/mol. The first kappa shape index (κ1) is 16.7. The third-order valence-electron chi connectivity index (χ3n) is 3.70. The lowest BCUT2D eigenvalue weighted by molar-refractivity contribution is -0.246. The van der Waals surface area contributed by atoms with Crippen LogP contribution in [0.2, 0.25) is 0 Å². The second kappa shape index (κ2) is 5.59. The van der Waals surface area contributed by atoms with E-state index < -0.39 is 29.1 Å². The van der Waals surface area contributed by atoms with Crippen LogP contribution in [0.5, 0.6) is 0 Å². The van der Waals surface area contributed by atoms with Gasteiger partial charge in [-0.3, -0.25) is 9.59 Å². The molecule has 0 aromatic rings. The van der Waals surface area contributed by atoms with Crippen LogP contribution >= 0.6 is 0 Å². The normalized spacial score (nSPS) is 21.9. The van der Waals surface area contributed by atoms with E-state index in [0.717, 1.165) is 6.42 Å². The molecule has 1 aliphatic carbocycles. The van der Waals surface area contributed by atoms with Gasteiger partial charge in [-0.2, -0.15) is 13.2 Å². The zero-order valence-electron chi connectivity index (χ0n) is 11.2. The Hall–Kier alpha value is -1.31. The molecule has 1 aliphatic rings. The average Bonchev–Trinajstić information content (AvgIpc) is 2.27. The molecule has 0 bridgehead atoms. The van der Waals surface area contributed by atoms with Gasteiger partial charge in [0.05, 0.1) is 0 Å². The number of nitrogens with one attached hydrogen (secondary N) is 1. The van der Waals surface area contributed by atoms with E-state index in [-0.39, 0.29) is 6.42 Å². The number of carbonyl (C=O) groups is 2. The number of aliphatic hydroxyl groups is 1. The topological polar surface area (TPSA) is 92.4 Å². The van der Waals surface area contributed by atoms with Crippen LogP contribution in [0.4, 0.5) is 13.2 Å². The van der Waals surface area contributed by atoms with Gasteiger partial charge in [0.2, 0.25) is 11.5 Å². The number of halogens is 3. The first-order chi connectivity index (χ1) is 9.00. The summed E-state index contributed by atoms with van der Waals surface area (Å²) in [6, 6.07) is 0. The van der Waals surface area contributed by atoms with Gasteiger partial charge in [0.1, 0.15) is 0 Å². The number of hydrogen-bond donors (Lipinski definition) is 3. The molecular formula is C12H19F3N2O3. The van der Waals surface area contributed by atoms with Crippen molar-refractivity contribution in [1.29, 1.82) is 0 Å². The molecule has 1 fully saturated rings. The molecule has 0 aromatic carbocycles. The maximum atomic E-state index is 12.6. The van der Waals surface area contributed by atoms with E-state index in [0.29, 0.717) is 32.6 Å². The van der Waals surface area contributed by atoms with Crippen molar-refractivity contribution in [1.82, 2.24) is 5.32 Å². The number of amides is 2. The predicted molar refractivity (Wildman–Crippen MR) is 64.4 cm³/mol. The first-order valence-electron chi connectivity index (χ1n) is 6.40. The van der Waals surface area contributed by atoms with Crippen molar-refractivity contribution in [3.8, 4) is 0 Å². The molecule has 4 N–H and O–H groups in total. The quantitative estimate of drug-likeness (QED) is 0.722. The zero-order chi connectivity index (χ0) is 15.6. The van der Waals surface area contributed by atoms with Crippen LogP contribution in [-0.4, -0.2) is 34.2 Å². The maximum Gasteiger partial charge on any atom is 0.426 e. The molecule has 1 saturated carbocycles. The highest BCUT2D eigenvalue weighted by molar-refractivity contribution is 5.87. The molecule has 5 nitrogen and oxygen atoms in total. The molecule has 1 atom stereocenters. The molecule has 1 unspecified atom stereocenters. The molecule has 0 saturated heterocycles. The summed E-state index contributed by atoms with van der Waals surface area (Å²) in [5.41, 5.74) is 0.526.